The topological polar surface area (TPSA) is 401 Å². The molecule has 0 aliphatic heterocycles. The van der Waals surface area contributed by atoms with Gasteiger partial charge in [-0.25, -0.2) is 14.4 Å². The molecule has 0 heterocycles. The predicted molar refractivity (Wildman–Crippen MR) is 152 cm³/mol. The number of anilines is 1. The van der Waals surface area contributed by atoms with Crippen LogP contribution in [-0.4, -0.2) is 89.5 Å². The van der Waals surface area contributed by atoms with Crippen LogP contribution in [0.3, 0.4) is 0 Å². The SMILES string of the molecule is CC(C)C(N)C(=O)O.NC(=O)C(N)CS(=O)(=O)O.NC(=O)NCCCC(N)C(=O)O.NC(=O)OC(=O)c1ccc(N)cc1. The van der Waals surface area contributed by atoms with Crippen LogP contribution in [0.4, 0.5) is 15.3 Å². The number of nitrogens with one attached hydrogen (secondary N) is 1. The van der Waals surface area contributed by atoms with Crippen molar-refractivity contribution in [2.75, 3.05) is 18.0 Å². The van der Waals surface area contributed by atoms with E-state index >= 15 is 0 Å². The molecule has 0 spiro atoms. The van der Waals surface area contributed by atoms with Gasteiger partial charge in [0.25, 0.3) is 10.1 Å². The second-order valence-electron chi connectivity index (χ2n) is 8.57. The van der Waals surface area contributed by atoms with E-state index in [4.69, 9.17) is 43.4 Å². The van der Waals surface area contributed by atoms with Crippen molar-refractivity contribution in [2.24, 2.45) is 40.3 Å². The molecule has 21 heteroatoms. The standard InChI is InChI=1S/C8H8N2O3.C6H13N3O3.C5H11NO2.C3H8N2O4S/c9-6-3-1-5(2-4-6)7(11)13-8(10)12;7-4(5(10)11)2-1-3-9-6(8)12;1-3(2)4(6)5(7)8;4-2(3(5)6)1-10(7,8)9/h1-4H,9H2,(H2,10,12);4H,1-3,7H2,(H,10,11)(H3,8,9,12);3-4H,6H2,1-2H3,(H,7,8);2H,1,4H2,(H2,5,6)(H,7,8,9). The Kier molecular flexibility index (Phi) is 22.0. The van der Waals surface area contributed by atoms with Crippen molar-refractivity contribution < 1.29 is 56.7 Å². The number of hydrogen-bond donors (Lipinski definition) is 11. The fourth-order valence-electron chi connectivity index (χ4n) is 2.02. The predicted octanol–water partition coefficient (Wildman–Crippen LogP) is -2.91. The van der Waals surface area contributed by atoms with Crippen LogP contribution in [0.15, 0.2) is 24.3 Å². The van der Waals surface area contributed by atoms with Crippen LogP contribution < -0.4 is 45.5 Å². The molecule has 0 fully saturated rings. The van der Waals surface area contributed by atoms with Gasteiger partial charge >= 0.3 is 30.0 Å². The molecule has 1 aromatic carbocycles. The first kappa shape index (κ1) is 42.9. The van der Waals surface area contributed by atoms with Gasteiger partial charge in [-0.3, -0.25) is 18.9 Å². The van der Waals surface area contributed by atoms with E-state index in [9.17, 15) is 37.2 Å². The highest BCUT2D eigenvalue weighted by atomic mass is 32.2. The van der Waals surface area contributed by atoms with Gasteiger partial charge in [0, 0.05) is 12.2 Å². The molecule has 4 amide bonds. The molecule has 246 valence electrons. The summed E-state index contributed by atoms with van der Waals surface area (Å²) in [7, 11) is -4.19. The van der Waals surface area contributed by atoms with Crippen LogP contribution in [0.5, 0.6) is 0 Å². The van der Waals surface area contributed by atoms with Crippen LogP contribution in [-0.2, 0) is 29.2 Å². The number of aliphatic carboxylic acids is 2. The molecule has 43 heavy (non-hydrogen) atoms. The van der Waals surface area contributed by atoms with Gasteiger partial charge in [0.15, 0.2) is 0 Å². The minimum atomic E-state index is -4.19. The van der Waals surface area contributed by atoms with E-state index in [1.807, 2.05) is 0 Å². The largest absolute Gasteiger partial charge is 0.480 e. The van der Waals surface area contributed by atoms with Crippen LogP contribution in [0.2, 0.25) is 0 Å². The molecule has 0 radical (unpaired) electrons. The number of carbonyl (C=O) groups excluding carboxylic acids is 4. The lowest BCUT2D eigenvalue weighted by Crippen LogP contribution is -2.41. The maximum atomic E-state index is 11.0. The lowest BCUT2D eigenvalue weighted by atomic mass is 10.1. The van der Waals surface area contributed by atoms with Gasteiger partial charge < -0.3 is 60.4 Å². The molecule has 20 nitrogen and oxygen atoms in total. The number of urea groups is 1. The van der Waals surface area contributed by atoms with Gasteiger partial charge in [-0.05, 0) is 43.0 Å². The summed E-state index contributed by atoms with van der Waals surface area (Å²) in [5.74, 6) is -4.52. The van der Waals surface area contributed by atoms with Crippen LogP contribution in [0.1, 0.15) is 37.0 Å². The van der Waals surface area contributed by atoms with Crippen LogP contribution in [0, 0.1) is 5.92 Å². The van der Waals surface area contributed by atoms with E-state index in [1.54, 1.807) is 13.8 Å². The highest BCUT2D eigenvalue weighted by Crippen LogP contribution is 2.06. The van der Waals surface area contributed by atoms with Crippen molar-refractivity contribution >= 4 is 51.7 Å². The average molecular weight is 641 g/mol. The molecule has 0 aromatic heterocycles. The quantitative estimate of drug-likeness (QED) is 0.0379. The van der Waals surface area contributed by atoms with E-state index in [-0.39, 0.29) is 11.5 Å². The monoisotopic (exact) mass is 640 g/mol. The third kappa shape index (κ3) is 27.4. The van der Waals surface area contributed by atoms with Gasteiger partial charge in [-0.2, -0.15) is 8.42 Å². The summed E-state index contributed by atoms with van der Waals surface area (Å²) in [5.41, 5.74) is 35.4. The van der Waals surface area contributed by atoms with E-state index in [0.29, 0.717) is 25.1 Å². The highest BCUT2D eigenvalue weighted by Gasteiger charge is 2.17. The average Bonchev–Trinajstić information content (AvgIpc) is 2.85. The summed E-state index contributed by atoms with van der Waals surface area (Å²) < 4.78 is 32.3. The number of primary amides is 3. The van der Waals surface area contributed by atoms with E-state index in [1.165, 1.54) is 24.3 Å². The zero-order chi connectivity index (χ0) is 34.5. The van der Waals surface area contributed by atoms with Crippen molar-refractivity contribution in [1.29, 1.82) is 0 Å². The number of nitrogens with two attached hydrogens (primary N) is 7. The summed E-state index contributed by atoms with van der Waals surface area (Å²) in [6.45, 7) is 3.91. The Bertz CT molecular complexity index is 1160. The first-order valence-corrected chi connectivity index (χ1v) is 13.5. The zero-order valence-electron chi connectivity index (χ0n) is 23.4. The lowest BCUT2D eigenvalue weighted by Gasteiger charge is -2.07. The Hall–Kier alpha value is -4.57. The molecule has 0 aliphatic rings. The third-order valence-electron chi connectivity index (χ3n) is 4.41. The third-order valence-corrected chi connectivity index (χ3v) is 5.19. The van der Waals surface area contributed by atoms with E-state index < -0.39 is 69.9 Å². The van der Waals surface area contributed by atoms with Gasteiger partial charge in [-0.1, -0.05) is 13.8 Å². The molecule has 18 N–H and O–H groups in total. The summed E-state index contributed by atoms with van der Waals surface area (Å²) in [5, 5.41) is 18.9. The summed E-state index contributed by atoms with van der Waals surface area (Å²) >= 11 is 0. The summed E-state index contributed by atoms with van der Waals surface area (Å²) in [6, 6.07) is 2.42. The number of benzene rings is 1. The lowest BCUT2D eigenvalue weighted by molar-refractivity contribution is -0.140. The number of hydrogen-bond acceptors (Lipinski definition) is 13. The van der Waals surface area contributed by atoms with Crippen molar-refractivity contribution in [1.82, 2.24) is 5.32 Å². The Morgan fingerprint density at radius 1 is 0.884 bits per heavy atom. The maximum absolute atomic E-state index is 11.0. The Morgan fingerprint density at radius 3 is 1.65 bits per heavy atom. The molecule has 0 aliphatic carbocycles. The molecular formula is C22H40N8O12S. The molecule has 1 aromatic rings. The van der Waals surface area contributed by atoms with Gasteiger partial charge in [0.05, 0.1) is 11.3 Å². The van der Waals surface area contributed by atoms with Gasteiger partial charge in [0.2, 0.25) is 5.91 Å². The maximum Gasteiger partial charge on any atom is 0.412 e. The highest BCUT2D eigenvalue weighted by molar-refractivity contribution is 7.85. The number of rotatable bonds is 11. The fourth-order valence-corrected chi connectivity index (χ4v) is 2.64. The van der Waals surface area contributed by atoms with Crippen LogP contribution >= 0.6 is 0 Å². The number of carbonyl (C=O) groups is 6. The number of nitrogen functional groups attached to an aromatic ring is 1. The van der Waals surface area contributed by atoms with Gasteiger partial charge in [-0.15, -0.1) is 0 Å². The van der Waals surface area contributed by atoms with Crippen molar-refractivity contribution in [3.05, 3.63) is 29.8 Å². The first-order valence-electron chi connectivity index (χ1n) is 11.9. The first-order chi connectivity index (χ1) is 19.5. The Balaban J connectivity index is -0.000000504. The molecule has 0 saturated carbocycles. The minimum Gasteiger partial charge on any atom is -0.480 e. The Morgan fingerprint density at radius 2 is 1.37 bits per heavy atom. The number of carboxylic acids is 2. The van der Waals surface area contributed by atoms with Crippen LogP contribution in [0.25, 0.3) is 0 Å². The second-order valence-corrected chi connectivity index (χ2v) is 10.1. The number of carboxylic acid groups (broad SMARTS) is 2. The molecular weight excluding hydrogens is 600 g/mol. The molecule has 0 saturated heterocycles. The Labute approximate surface area is 247 Å². The van der Waals surface area contributed by atoms with E-state index in [0.717, 1.165) is 0 Å². The molecule has 0 bridgehead atoms. The fraction of sp³-hybridized carbons (Fsp3) is 0.455. The summed E-state index contributed by atoms with van der Waals surface area (Å²) in [6.07, 6.45) is -0.284. The normalized spacial score (nSPS) is 12.2. The summed E-state index contributed by atoms with van der Waals surface area (Å²) in [4.78, 5) is 61.7. The van der Waals surface area contributed by atoms with E-state index in [2.05, 4.69) is 21.5 Å². The van der Waals surface area contributed by atoms with Gasteiger partial charge in [0.1, 0.15) is 18.1 Å². The molecule has 3 atom stereocenters. The van der Waals surface area contributed by atoms with Crippen molar-refractivity contribution in [3.63, 3.8) is 0 Å². The van der Waals surface area contributed by atoms with Crippen molar-refractivity contribution in [2.45, 2.75) is 44.8 Å². The van der Waals surface area contributed by atoms with Crippen molar-refractivity contribution in [3.8, 4) is 0 Å². The minimum absolute atomic E-state index is 0.0208. The number of ether oxygens (including phenoxy) is 1. The number of esters is 1. The molecule has 3 unspecified atom stereocenters. The zero-order valence-corrected chi connectivity index (χ0v) is 24.2. The smallest absolute Gasteiger partial charge is 0.412 e. The number of amides is 4. The molecule has 1 rings (SSSR count). The second kappa shape index (κ2) is 22.1.